The van der Waals surface area contributed by atoms with Gasteiger partial charge >= 0.3 is 0 Å². The van der Waals surface area contributed by atoms with Crippen molar-refractivity contribution < 1.29 is 9.18 Å². The highest BCUT2D eigenvalue weighted by atomic mass is 19.1. The lowest BCUT2D eigenvalue weighted by Gasteiger charge is -2.28. The lowest BCUT2D eigenvalue weighted by molar-refractivity contribution is 0.0955. The Hall–Kier alpha value is -4.03. The van der Waals surface area contributed by atoms with E-state index in [9.17, 15) is 9.18 Å². The highest BCUT2D eigenvalue weighted by Gasteiger charge is 2.16. The fraction of sp³-hybridized carbons (Fsp3) is 0.200. The Kier molecular flexibility index (Phi) is 6.78. The maximum Gasteiger partial charge on any atom is 0.271 e. The predicted octanol–water partition coefficient (Wildman–Crippen LogP) is 5.56. The lowest BCUT2D eigenvalue weighted by Crippen LogP contribution is -2.30. The minimum atomic E-state index is -0.268. The third-order valence-electron chi connectivity index (χ3n) is 6.76. The minimum absolute atomic E-state index is 0.253. The van der Waals surface area contributed by atoms with Gasteiger partial charge in [0.1, 0.15) is 5.82 Å². The summed E-state index contributed by atoms with van der Waals surface area (Å²) >= 11 is 0. The number of nitrogens with zero attached hydrogens (tertiary/aromatic N) is 3. The molecule has 0 radical (unpaired) electrons. The summed E-state index contributed by atoms with van der Waals surface area (Å²) < 4.78 is 15.3. The number of halogens is 1. The SMILES string of the molecule is Cc1cc(/C=N/NC(=O)c2ccc(CN3CCc4ccccc4C3)cc2)c(C)n1-c1ccc(F)cc1. The maximum atomic E-state index is 13.3. The number of hydrogen-bond donors (Lipinski definition) is 1. The molecule has 0 saturated carbocycles. The number of nitrogens with one attached hydrogen (secondary N) is 1. The Morgan fingerprint density at radius 3 is 2.47 bits per heavy atom. The highest BCUT2D eigenvalue weighted by Crippen LogP contribution is 2.21. The summed E-state index contributed by atoms with van der Waals surface area (Å²) in [5.74, 6) is -0.520. The zero-order chi connectivity index (χ0) is 25.1. The van der Waals surface area contributed by atoms with Crippen LogP contribution < -0.4 is 5.43 Å². The van der Waals surface area contributed by atoms with Gasteiger partial charge in [-0.25, -0.2) is 9.82 Å². The summed E-state index contributed by atoms with van der Waals surface area (Å²) in [7, 11) is 0. The monoisotopic (exact) mass is 480 g/mol. The van der Waals surface area contributed by atoms with E-state index in [0.29, 0.717) is 5.56 Å². The van der Waals surface area contributed by atoms with Crippen molar-refractivity contribution in [1.29, 1.82) is 0 Å². The van der Waals surface area contributed by atoms with E-state index in [0.717, 1.165) is 48.7 Å². The quantitative estimate of drug-likeness (QED) is 0.290. The number of hydrogen-bond acceptors (Lipinski definition) is 3. The largest absolute Gasteiger partial charge is 0.318 e. The minimum Gasteiger partial charge on any atom is -0.318 e. The van der Waals surface area contributed by atoms with Crippen LogP contribution in [0.25, 0.3) is 5.69 Å². The van der Waals surface area contributed by atoms with Gasteiger partial charge in [0, 0.05) is 47.8 Å². The second-order valence-electron chi connectivity index (χ2n) is 9.26. The van der Waals surface area contributed by atoms with Crippen molar-refractivity contribution >= 4 is 12.1 Å². The van der Waals surface area contributed by atoms with Gasteiger partial charge < -0.3 is 4.57 Å². The van der Waals surface area contributed by atoms with E-state index < -0.39 is 0 Å². The van der Waals surface area contributed by atoms with Gasteiger partial charge in [-0.3, -0.25) is 9.69 Å². The number of carbonyl (C=O) groups excluding carboxylic acids is 1. The molecular formula is C30H29FN4O. The molecular weight excluding hydrogens is 451 g/mol. The molecule has 1 aromatic heterocycles. The fourth-order valence-electron chi connectivity index (χ4n) is 4.84. The average Bonchev–Trinajstić information content (AvgIpc) is 3.17. The van der Waals surface area contributed by atoms with E-state index in [1.54, 1.807) is 18.3 Å². The van der Waals surface area contributed by atoms with Crippen LogP contribution in [0.3, 0.4) is 0 Å². The molecule has 0 bridgehead atoms. The number of amides is 1. The highest BCUT2D eigenvalue weighted by molar-refractivity contribution is 5.95. The summed E-state index contributed by atoms with van der Waals surface area (Å²) in [6, 6.07) is 24.7. The molecule has 1 N–H and O–H groups in total. The molecule has 0 saturated heterocycles. The second-order valence-corrected chi connectivity index (χ2v) is 9.26. The number of carbonyl (C=O) groups is 1. The van der Waals surface area contributed by atoms with Gasteiger partial charge in [-0.15, -0.1) is 0 Å². The number of aryl methyl sites for hydroxylation is 1. The molecule has 36 heavy (non-hydrogen) atoms. The number of rotatable bonds is 6. The molecule has 2 heterocycles. The molecule has 0 fully saturated rings. The van der Waals surface area contributed by atoms with Crippen LogP contribution in [0.5, 0.6) is 0 Å². The zero-order valence-corrected chi connectivity index (χ0v) is 20.5. The number of hydrazone groups is 1. The van der Waals surface area contributed by atoms with Gasteiger partial charge in [0.2, 0.25) is 0 Å². The van der Waals surface area contributed by atoms with E-state index in [1.807, 2.05) is 48.7 Å². The van der Waals surface area contributed by atoms with Crippen molar-refractivity contribution in [2.75, 3.05) is 6.54 Å². The molecule has 1 aliphatic heterocycles. The van der Waals surface area contributed by atoms with Gasteiger partial charge in [0.15, 0.2) is 0 Å². The van der Waals surface area contributed by atoms with E-state index in [2.05, 4.69) is 39.7 Å². The summed E-state index contributed by atoms with van der Waals surface area (Å²) in [6.07, 6.45) is 2.71. The third-order valence-corrected chi connectivity index (χ3v) is 6.76. The van der Waals surface area contributed by atoms with Crippen LogP contribution in [0.1, 0.15) is 44.0 Å². The van der Waals surface area contributed by atoms with Gasteiger partial charge in [-0.2, -0.15) is 5.10 Å². The molecule has 0 unspecified atom stereocenters. The first-order valence-corrected chi connectivity index (χ1v) is 12.1. The van der Waals surface area contributed by atoms with Gasteiger partial charge in [-0.05, 0) is 79.4 Å². The molecule has 5 nitrogen and oxygen atoms in total. The third kappa shape index (κ3) is 5.14. The van der Waals surface area contributed by atoms with Crippen molar-refractivity contribution in [3.8, 4) is 5.69 Å². The predicted molar refractivity (Wildman–Crippen MR) is 141 cm³/mol. The van der Waals surface area contributed by atoms with Crippen molar-refractivity contribution in [2.24, 2.45) is 5.10 Å². The molecule has 1 amide bonds. The molecule has 6 heteroatoms. The van der Waals surface area contributed by atoms with Crippen LogP contribution in [0, 0.1) is 19.7 Å². The standard InChI is InChI=1S/C30H29FN4O/c1-21-17-27(22(2)35(21)29-13-11-28(31)12-14-29)18-32-33-30(36)25-9-7-23(8-10-25)19-34-16-15-24-5-3-4-6-26(24)20-34/h3-14,17-18H,15-16,19-20H2,1-2H3,(H,33,36)/b32-18+. The zero-order valence-electron chi connectivity index (χ0n) is 20.5. The van der Waals surface area contributed by atoms with Crippen LogP contribution >= 0.6 is 0 Å². The average molecular weight is 481 g/mol. The molecule has 1 aliphatic rings. The molecule has 5 rings (SSSR count). The Bertz CT molecular complexity index is 1400. The Morgan fingerprint density at radius 1 is 1.00 bits per heavy atom. The van der Waals surface area contributed by atoms with Gasteiger partial charge in [0.05, 0.1) is 6.21 Å². The smallest absolute Gasteiger partial charge is 0.271 e. The molecule has 0 atom stereocenters. The van der Waals surface area contributed by atoms with Crippen molar-refractivity contribution in [2.45, 2.75) is 33.4 Å². The van der Waals surface area contributed by atoms with Crippen molar-refractivity contribution in [3.63, 3.8) is 0 Å². The molecule has 182 valence electrons. The first-order chi connectivity index (χ1) is 17.5. The van der Waals surface area contributed by atoms with Gasteiger partial charge in [-0.1, -0.05) is 36.4 Å². The number of fused-ring (bicyclic) bond motifs is 1. The fourth-order valence-corrected chi connectivity index (χ4v) is 4.84. The normalized spacial score (nSPS) is 13.6. The first kappa shape index (κ1) is 23.7. The summed E-state index contributed by atoms with van der Waals surface area (Å²) in [5, 5.41) is 4.17. The molecule has 0 aliphatic carbocycles. The van der Waals surface area contributed by atoms with Crippen LogP contribution in [-0.4, -0.2) is 28.1 Å². The molecule has 3 aromatic carbocycles. The Balaban J connectivity index is 1.19. The lowest BCUT2D eigenvalue weighted by atomic mass is 9.99. The molecule has 0 spiro atoms. The van der Waals surface area contributed by atoms with E-state index in [4.69, 9.17) is 0 Å². The van der Waals surface area contributed by atoms with Crippen LogP contribution in [0.15, 0.2) is 84.0 Å². The van der Waals surface area contributed by atoms with E-state index in [1.165, 1.54) is 28.8 Å². The maximum absolute atomic E-state index is 13.3. The van der Waals surface area contributed by atoms with Crippen LogP contribution in [-0.2, 0) is 19.5 Å². The number of aromatic nitrogens is 1. The van der Waals surface area contributed by atoms with Gasteiger partial charge in [0.25, 0.3) is 5.91 Å². The van der Waals surface area contributed by atoms with Crippen molar-refractivity contribution in [3.05, 3.63) is 124 Å². The Morgan fingerprint density at radius 2 is 1.72 bits per heavy atom. The summed E-state index contributed by atoms with van der Waals surface area (Å²) in [6.45, 7) is 6.80. The second kappa shape index (κ2) is 10.3. The van der Waals surface area contributed by atoms with E-state index in [-0.39, 0.29) is 11.7 Å². The first-order valence-electron chi connectivity index (χ1n) is 12.1. The van der Waals surface area contributed by atoms with Crippen LogP contribution in [0.2, 0.25) is 0 Å². The Labute approximate surface area is 210 Å². The number of benzene rings is 3. The van der Waals surface area contributed by atoms with Crippen molar-refractivity contribution in [1.82, 2.24) is 14.9 Å². The topological polar surface area (TPSA) is 49.6 Å². The van der Waals surface area contributed by atoms with E-state index >= 15 is 0 Å². The molecule has 4 aromatic rings. The summed E-state index contributed by atoms with van der Waals surface area (Å²) in [4.78, 5) is 15.0. The van der Waals surface area contributed by atoms with Crippen LogP contribution in [0.4, 0.5) is 4.39 Å². The summed E-state index contributed by atoms with van der Waals surface area (Å²) in [5.41, 5.74) is 10.9.